The fraction of sp³-hybridized carbons (Fsp3) is 0.143. The second-order valence-electron chi connectivity index (χ2n) is 4.30. The summed E-state index contributed by atoms with van der Waals surface area (Å²) in [6.07, 6.45) is -6.69. The van der Waals surface area contributed by atoms with Crippen molar-refractivity contribution in [3.8, 4) is 0 Å². The van der Waals surface area contributed by atoms with E-state index < -0.39 is 35.0 Å². The van der Waals surface area contributed by atoms with Gasteiger partial charge in [0.25, 0.3) is 0 Å². The van der Waals surface area contributed by atoms with Gasteiger partial charge >= 0.3 is 6.18 Å². The molecule has 2 aromatic carbocycles. The Bertz CT molecular complexity index is 669. The maximum absolute atomic E-state index is 13.2. The van der Waals surface area contributed by atoms with E-state index in [9.17, 15) is 27.1 Å². The average molecular weight is 323 g/mol. The molecule has 2 rings (SSSR count). The van der Waals surface area contributed by atoms with Gasteiger partial charge in [0.1, 0.15) is 17.7 Å². The maximum atomic E-state index is 13.2. The third-order valence-electron chi connectivity index (χ3n) is 2.87. The van der Waals surface area contributed by atoms with Crippen molar-refractivity contribution < 1.29 is 27.1 Å². The summed E-state index contributed by atoms with van der Waals surface area (Å²) >= 11 is 5.76. The number of halogens is 6. The van der Waals surface area contributed by atoms with Gasteiger partial charge in [0.05, 0.1) is 5.56 Å². The molecule has 0 saturated heterocycles. The Balaban J connectivity index is 2.58. The van der Waals surface area contributed by atoms with E-state index in [4.69, 9.17) is 11.6 Å². The Morgan fingerprint density at radius 1 is 0.905 bits per heavy atom. The van der Waals surface area contributed by atoms with Gasteiger partial charge in [0, 0.05) is 10.6 Å². The summed E-state index contributed by atoms with van der Waals surface area (Å²) in [6, 6.07) is 4.80. The van der Waals surface area contributed by atoms with Gasteiger partial charge in [-0.1, -0.05) is 17.7 Å². The van der Waals surface area contributed by atoms with Crippen LogP contribution in [-0.4, -0.2) is 5.11 Å². The second-order valence-corrected chi connectivity index (χ2v) is 4.70. The zero-order valence-corrected chi connectivity index (χ0v) is 11.0. The van der Waals surface area contributed by atoms with Crippen molar-refractivity contribution in [3.05, 3.63) is 69.7 Å². The van der Waals surface area contributed by atoms with Crippen LogP contribution < -0.4 is 0 Å². The van der Waals surface area contributed by atoms with Crippen LogP contribution in [0.5, 0.6) is 0 Å². The minimum atomic E-state index is -4.86. The van der Waals surface area contributed by atoms with Crippen molar-refractivity contribution in [3.63, 3.8) is 0 Å². The maximum Gasteiger partial charge on any atom is 0.416 e. The van der Waals surface area contributed by atoms with Crippen molar-refractivity contribution in [2.24, 2.45) is 0 Å². The predicted molar refractivity (Wildman–Crippen MR) is 66.9 cm³/mol. The van der Waals surface area contributed by atoms with Crippen LogP contribution in [0.1, 0.15) is 22.8 Å². The Hall–Kier alpha value is -1.66. The molecule has 0 aliphatic rings. The Morgan fingerprint density at radius 2 is 1.48 bits per heavy atom. The largest absolute Gasteiger partial charge is 0.416 e. The molecule has 1 nitrogen and oxygen atoms in total. The molecule has 0 heterocycles. The van der Waals surface area contributed by atoms with Crippen LogP contribution in [0.3, 0.4) is 0 Å². The molecule has 1 N–H and O–H groups in total. The molecule has 21 heavy (non-hydrogen) atoms. The number of hydrogen-bond acceptors (Lipinski definition) is 1. The first kappa shape index (κ1) is 15.7. The van der Waals surface area contributed by atoms with Crippen LogP contribution in [0.2, 0.25) is 5.02 Å². The SMILES string of the molecule is OC(c1cc(F)ccc1Cl)c1ccc(F)cc1C(F)(F)F. The zero-order chi connectivity index (χ0) is 15.8. The standard InChI is InChI=1S/C14H8ClF5O/c15-12-4-2-7(16)5-10(12)13(21)9-3-1-8(17)6-11(9)14(18,19)20/h1-6,13,21H. The minimum absolute atomic E-state index is 0.0960. The molecule has 0 aromatic heterocycles. The van der Waals surface area contributed by atoms with Crippen LogP contribution in [0.15, 0.2) is 36.4 Å². The lowest BCUT2D eigenvalue weighted by atomic mass is 9.96. The summed E-state index contributed by atoms with van der Waals surface area (Å²) in [5, 5.41) is 9.96. The zero-order valence-electron chi connectivity index (χ0n) is 10.3. The van der Waals surface area contributed by atoms with E-state index >= 15 is 0 Å². The normalized spacial score (nSPS) is 13.3. The Morgan fingerprint density at radius 3 is 2.10 bits per heavy atom. The quantitative estimate of drug-likeness (QED) is 0.793. The molecule has 7 heteroatoms. The first-order valence-corrected chi connectivity index (χ1v) is 6.07. The van der Waals surface area contributed by atoms with Crippen LogP contribution >= 0.6 is 11.6 Å². The molecule has 0 aliphatic heterocycles. The third kappa shape index (κ3) is 3.33. The molecule has 0 radical (unpaired) electrons. The average Bonchev–Trinajstić information content (AvgIpc) is 2.40. The van der Waals surface area contributed by atoms with Crippen molar-refractivity contribution in [2.75, 3.05) is 0 Å². The van der Waals surface area contributed by atoms with E-state index in [2.05, 4.69) is 0 Å². The number of benzene rings is 2. The van der Waals surface area contributed by atoms with Crippen LogP contribution in [0, 0.1) is 11.6 Å². The number of aliphatic hydroxyl groups is 1. The van der Waals surface area contributed by atoms with Gasteiger partial charge < -0.3 is 5.11 Å². The molecule has 2 aromatic rings. The first-order valence-electron chi connectivity index (χ1n) is 5.70. The van der Waals surface area contributed by atoms with Gasteiger partial charge in [-0.05, 0) is 35.9 Å². The summed E-state index contributed by atoms with van der Waals surface area (Å²) in [7, 11) is 0. The molecule has 0 spiro atoms. The molecule has 0 bridgehead atoms. The molecule has 0 saturated carbocycles. The highest BCUT2D eigenvalue weighted by Gasteiger charge is 2.36. The lowest BCUT2D eigenvalue weighted by molar-refractivity contribution is -0.139. The molecule has 0 fully saturated rings. The molecule has 1 atom stereocenters. The van der Waals surface area contributed by atoms with Crippen LogP contribution in [-0.2, 0) is 6.18 Å². The lowest BCUT2D eigenvalue weighted by Gasteiger charge is -2.19. The van der Waals surface area contributed by atoms with E-state index in [0.29, 0.717) is 0 Å². The van der Waals surface area contributed by atoms with Crippen LogP contribution in [0.25, 0.3) is 0 Å². The minimum Gasteiger partial charge on any atom is -0.384 e. The summed E-state index contributed by atoms with van der Waals surface area (Å²) < 4.78 is 64.9. The van der Waals surface area contributed by atoms with E-state index in [1.165, 1.54) is 0 Å². The van der Waals surface area contributed by atoms with Gasteiger partial charge in [-0.3, -0.25) is 0 Å². The van der Waals surface area contributed by atoms with E-state index in [1.54, 1.807) is 0 Å². The number of hydrogen-bond donors (Lipinski definition) is 1. The highest BCUT2D eigenvalue weighted by molar-refractivity contribution is 6.31. The van der Waals surface area contributed by atoms with Gasteiger partial charge in [-0.25, -0.2) is 8.78 Å². The first-order chi connectivity index (χ1) is 9.70. The van der Waals surface area contributed by atoms with E-state index in [1.807, 2.05) is 0 Å². The summed E-state index contributed by atoms with van der Waals surface area (Å²) in [5.41, 5.74) is -2.17. The third-order valence-corrected chi connectivity index (χ3v) is 3.21. The molecule has 0 aliphatic carbocycles. The van der Waals surface area contributed by atoms with Crippen LogP contribution in [0.4, 0.5) is 22.0 Å². The summed E-state index contributed by atoms with van der Waals surface area (Å²) in [6.45, 7) is 0. The van der Waals surface area contributed by atoms with Gasteiger partial charge in [-0.2, -0.15) is 13.2 Å². The molecular formula is C14H8ClF5O. The summed E-state index contributed by atoms with van der Waals surface area (Å²) in [4.78, 5) is 0. The lowest BCUT2D eigenvalue weighted by Crippen LogP contribution is -2.13. The highest BCUT2D eigenvalue weighted by atomic mass is 35.5. The van der Waals surface area contributed by atoms with E-state index in [-0.39, 0.29) is 16.7 Å². The Kier molecular flexibility index (Phi) is 4.20. The highest BCUT2D eigenvalue weighted by Crippen LogP contribution is 2.38. The topological polar surface area (TPSA) is 20.2 Å². The number of rotatable bonds is 2. The Labute approximate surface area is 121 Å². The van der Waals surface area contributed by atoms with Crippen molar-refractivity contribution >= 4 is 11.6 Å². The predicted octanol–water partition coefficient (Wildman–Crippen LogP) is 4.72. The smallest absolute Gasteiger partial charge is 0.384 e. The van der Waals surface area contributed by atoms with Crippen molar-refractivity contribution in [1.82, 2.24) is 0 Å². The summed E-state index contributed by atoms with van der Waals surface area (Å²) in [5.74, 6) is -1.85. The molecule has 0 amide bonds. The second kappa shape index (κ2) is 5.61. The molecule has 112 valence electrons. The number of alkyl halides is 3. The van der Waals surface area contributed by atoms with Crippen molar-refractivity contribution in [2.45, 2.75) is 12.3 Å². The monoisotopic (exact) mass is 322 g/mol. The van der Waals surface area contributed by atoms with Crippen molar-refractivity contribution in [1.29, 1.82) is 0 Å². The van der Waals surface area contributed by atoms with Gasteiger partial charge in [0.15, 0.2) is 0 Å². The fourth-order valence-electron chi connectivity index (χ4n) is 1.90. The van der Waals surface area contributed by atoms with Gasteiger partial charge in [0.2, 0.25) is 0 Å². The number of aliphatic hydroxyl groups excluding tert-OH is 1. The molecule has 1 unspecified atom stereocenters. The molecular weight excluding hydrogens is 315 g/mol. The fourth-order valence-corrected chi connectivity index (χ4v) is 2.13. The van der Waals surface area contributed by atoms with E-state index in [0.717, 1.165) is 30.3 Å². The van der Waals surface area contributed by atoms with Gasteiger partial charge in [-0.15, -0.1) is 0 Å².